The molecule has 18 heavy (non-hydrogen) atoms. The molecule has 106 valence electrons. The summed E-state index contributed by atoms with van der Waals surface area (Å²) in [6.45, 7) is 10.2. The third-order valence-corrected chi connectivity index (χ3v) is 3.11. The van der Waals surface area contributed by atoms with E-state index in [-0.39, 0.29) is 5.97 Å². The van der Waals surface area contributed by atoms with Crippen LogP contribution in [0.3, 0.4) is 0 Å². The van der Waals surface area contributed by atoms with Gasteiger partial charge >= 0.3 is 5.97 Å². The van der Waals surface area contributed by atoms with Crippen molar-refractivity contribution in [2.45, 2.75) is 46.0 Å². The molecule has 0 heterocycles. The van der Waals surface area contributed by atoms with E-state index in [4.69, 9.17) is 4.74 Å². The van der Waals surface area contributed by atoms with Crippen molar-refractivity contribution in [1.29, 1.82) is 0 Å². The van der Waals surface area contributed by atoms with Crippen LogP contribution >= 0.6 is 0 Å². The van der Waals surface area contributed by atoms with Crippen LogP contribution in [-0.4, -0.2) is 44.2 Å². The zero-order chi connectivity index (χ0) is 14.0. The van der Waals surface area contributed by atoms with E-state index in [1.165, 1.54) is 32.2 Å². The summed E-state index contributed by atoms with van der Waals surface area (Å²) in [7, 11) is 4.49. The minimum atomic E-state index is -0.275. The van der Waals surface area contributed by atoms with Gasteiger partial charge in [0.2, 0.25) is 0 Å². The van der Waals surface area contributed by atoms with Crippen LogP contribution < -0.4 is 0 Å². The van der Waals surface area contributed by atoms with Gasteiger partial charge in [-0.05, 0) is 19.8 Å². The van der Waals surface area contributed by atoms with Gasteiger partial charge < -0.3 is 9.22 Å². The second-order valence-electron chi connectivity index (χ2n) is 5.71. The maximum absolute atomic E-state index is 11.2. The number of carbonyl (C=O) groups is 1. The average Bonchev–Trinajstić information content (AvgIpc) is 2.30. The van der Waals surface area contributed by atoms with Crippen molar-refractivity contribution in [1.82, 2.24) is 0 Å². The SMILES string of the molecule is C=C(C)C(=O)OCCC[N+](C)(C)CCCCCC. The molecule has 0 aromatic heterocycles. The minimum absolute atomic E-state index is 0.275. The van der Waals surface area contributed by atoms with Gasteiger partial charge in [-0.2, -0.15) is 0 Å². The first-order valence-electron chi connectivity index (χ1n) is 7.03. The Balaban J connectivity index is 3.63. The summed E-state index contributed by atoms with van der Waals surface area (Å²) in [6.07, 6.45) is 6.13. The smallest absolute Gasteiger partial charge is 0.333 e. The van der Waals surface area contributed by atoms with Crippen LogP contribution in [0, 0.1) is 0 Å². The summed E-state index contributed by atoms with van der Waals surface area (Å²) >= 11 is 0. The molecule has 0 aliphatic carbocycles. The Morgan fingerprint density at radius 1 is 1.11 bits per heavy atom. The maximum atomic E-state index is 11.2. The molecule has 0 aromatic carbocycles. The number of ether oxygens (including phenoxy) is 1. The normalized spacial score (nSPS) is 11.3. The molecule has 0 N–H and O–H groups in total. The van der Waals surface area contributed by atoms with Crippen LogP contribution in [0.25, 0.3) is 0 Å². The molecule has 0 aliphatic rings. The summed E-state index contributed by atoms with van der Waals surface area (Å²) in [5, 5.41) is 0. The molecule has 0 fully saturated rings. The number of carbonyl (C=O) groups excluding carboxylic acids is 1. The first-order chi connectivity index (χ1) is 8.39. The minimum Gasteiger partial charge on any atom is -0.462 e. The highest BCUT2D eigenvalue weighted by atomic mass is 16.5. The first kappa shape index (κ1) is 17.2. The molecule has 3 nitrogen and oxygen atoms in total. The molecule has 0 unspecified atom stereocenters. The Bertz CT molecular complexity index is 259. The monoisotopic (exact) mass is 256 g/mol. The zero-order valence-electron chi connectivity index (χ0n) is 12.6. The van der Waals surface area contributed by atoms with E-state index in [2.05, 4.69) is 27.6 Å². The fourth-order valence-electron chi connectivity index (χ4n) is 1.86. The number of nitrogens with zero attached hydrogens (tertiary/aromatic N) is 1. The fraction of sp³-hybridized carbons (Fsp3) is 0.800. The second kappa shape index (κ2) is 9.15. The summed E-state index contributed by atoms with van der Waals surface area (Å²) in [5.74, 6) is -0.275. The Labute approximate surface area is 112 Å². The Kier molecular flexibility index (Phi) is 8.73. The van der Waals surface area contributed by atoms with Crippen molar-refractivity contribution >= 4 is 5.97 Å². The molecule has 3 heteroatoms. The van der Waals surface area contributed by atoms with Crippen LogP contribution in [0.5, 0.6) is 0 Å². The van der Waals surface area contributed by atoms with Crippen molar-refractivity contribution in [3.05, 3.63) is 12.2 Å². The van der Waals surface area contributed by atoms with Crippen LogP contribution in [0.2, 0.25) is 0 Å². The summed E-state index contributed by atoms with van der Waals surface area (Å²) in [4.78, 5) is 11.2. The average molecular weight is 256 g/mol. The van der Waals surface area contributed by atoms with Gasteiger partial charge in [0.05, 0.1) is 33.8 Å². The highest BCUT2D eigenvalue weighted by molar-refractivity contribution is 5.86. The Hall–Kier alpha value is -0.830. The van der Waals surface area contributed by atoms with Gasteiger partial charge in [-0.15, -0.1) is 0 Å². The lowest BCUT2D eigenvalue weighted by atomic mass is 10.2. The molecule has 0 bridgehead atoms. The lowest BCUT2D eigenvalue weighted by molar-refractivity contribution is -0.890. The van der Waals surface area contributed by atoms with Crippen molar-refractivity contribution < 1.29 is 14.0 Å². The summed E-state index contributed by atoms with van der Waals surface area (Å²) in [5.41, 5.74) is 0.475. The summed E-state index contributed by atoms with van der Waals surface area (Å²) in [6, 6.07) is 0. The number of unbranched alkanes of at least 4 members (excludes halogenated alkanes) is 3. The predicted molar refractivity (Wildman–Crippen MR) is 76.4 cm³/mol. The van der Waals surface area contributed by atoms with Crippen molar-refractivity contribution in [2.75, 3.05) is 33.8 Å². The van der Waals surface area contributed by atoms with Crippen LogP contribution in [0.15, 0.2) is 12.2 Å². The molecular formula is C15H30NO2+. The highest BCUT2D eigenvalue weighted by Crippen LogP contribution is 2.06. The molecule has 0 amide bonds. The molecule has 0 aliphatic heterocycles. The second-order valence-corrected chi connectivity index (χ2v) is 5.71. The molecule has 0 rings (SSSR count). The molecule has 0 spiro atoms. The van der Waals surface area contributed by atoms with Gasteiger partial charge in [-0.25, -0.2) is 4.79 Å². The molecule has 0 atom stereocenters. The zero-order valence-corrected chi connectivity index (χ0v) is 12.6. The van der Waals surface area contributed by atoms with Crippen LogP contribution in [0.1, 0.15) is 46.0 Å². The van der Waals surface area contributed by atoms with E-state index in [0.29, 0.717) is 12.2 Å². The number of esters is 1. The van der Waals surface area contributed by atoms with Crippen LogP contribution in [0.4, 0.5) is 0 Å². The van der Waals surface area contributed by atoms with Crippen molar-refractivity contribution in [2.24, 2.45) is 0 Å². The lowest BCUT2D eigenvalue weighted by Crippen LogP contribution is -2.41. The van der Waals surface area contributed by atoms with Gasteiger partial charge in [0.15, 0.2) is 0 Å². The van der Waals surface area contributed by atoms with Crippen LogP contribution in [-0.2, 0) is 9.53 Å². The maximum Gasteiger partial charge on any atom is 0.333 e. The number of quaternary nitrogens is 1. The van der Waals surface area contributed by atoms with E-state index in [9.17, 15) is 4.79 Å². The molecule has 0 saturated heterocycles. The number of rotatable bonds is 10. The van der Waals surface area contributed by atoms with Gasteiger partial charge in [0.1, 0.15) is 0 Å². The Morgan fingerprint density at radius 3 is 2.28 bits per heavy atom. The summed E-state index contributed by atoms with van der Waals surface area (Å²) < 4.78 is 6.10. The van der Waals surface area contributed by atoms with Gasteiger partial charge in [0.25, 0.3) is 0 Å². The molecule has 0 aromatic rings. The largest absolute Gasteiger partial charge is 0.462 e. The van der Waals surface area contributed by atoms with E-state index in [0.717, 1.165) is 17.4 Å². The molecule has 0 saturated carbocycles. The van der Waals surface area contributed by atoms with E-state index in [1.54, 1.807) is 6.92 Å². The van der Waals surface area contributed by atoms with Gasteiger partial charge in [0, 0.05) is 12.0 Å². The fourth-order valence-corrected chi connectivity index (χ4v) is 1.86. The van der Waals surface area contributed by atoms with Crippen molar-refractivity contribution in [3.8, 4) is 0 Å². The van der Waals surface area contributed by atoms with E-state index >= 15 is 0 Å². The lowest BCUT2D eigenvalue weighted by Gasteiger charge is -2.29. The van der Waals surface area contributed by atoms with E-state index in [1.807, 2.05) is 0 Å². The van der Waals surface area contributed by atoms with E-state index < -0.39 is 0 Å². The molecular weight excluding hydrogens is 226 g/mol. The third kappa shape index (κ3) is 9.23. The number of hydrogen-bond donors (Lipinski definition) is 0. The topological polar surface area (TPSA) is 26.3 Å². The Morgan fingerprint density at radius 2 is 1.72 bits per heavy atom. The number of hydrogen-bond acceptors (Lipinski definition) is 2. The standard InChI is InChI=1S/C15H30NO2/c1-6-7-8-9-11-16(4,5)12-10-13-18-15(17)14(2)3/h2,6-13H2,1,3-5H3/q+1. The first-order valence-corrected chi connectivity index (χ1v) is 7.03. The van der Waals surface area contributed by atoms with Crippen molar-refractivity contribution in [3.63, 3.8) is 0 Å². The predicted octanol–water partition coefficient (Wildman–Crippen LogP) is 3.15. The highest BCUT2D eigenvalue weighted by Gasteiger charge is 2.14. The third-order valence-electron chi connectivity index (χ3n) is 3.11. The van der Waals surface area contributed by atoms with Gasteiger partial charge in [-0.3, -0.25) is 0 Å². The quantitative estimate of drug-likeness (QED) is 0.260. The van der Waals surface area contributed by atoms with Gasteiger partial charge in [-0.1, -0.05) is 26.3 Å². The molecule has 0 radical (unpaired) electrons.